The van der Waals surface area contributed by atoms with Crippen molar-refractivity contribution < 1.29 is 17.3 Å². The average molecular weight is 194 g/mol. The Labute approximate surface area is 67.6 Å². The van der Waals surface area contributed by atoms with Crippen LogP contribution in [0.5, 0.6) is 0 Å². The van der Waals surface area contributed by atoms with Gasteiger partial charge in [-0.25, -0.2) is 4.28 Å². The Morgan fingerprint density at radius 2 is 2.17 bits per heavy atom. The molecule has 0 unspecified atom stereocenters. The Balaban J connectivity index is 2.99. The smallest absolute Gasteiger partial charge is 0.394 e. The zero-order valence-electron chi connectivity index (χ0n) is 5.71. The molecule has 0 aromatic carbocycles. The summed E-state index contributed by atoms with van der Waals surface area (Å²) in [4.78, 5) is 0.394. The highest BCUT2D eigenvalue weighted by atomic mass is 32.3. The zero-order valence-corrected chi connectivity index (χ0v) is 6.52. The van der Waals surface area contributed by atoms with Crippen molar-refractivity contribution in [3.63, 3.8) is 0 Å². The summed E-state index contributed by atoms with van der Waals surface area (Å²) in [5.74, 6) is -0.201. The first kappa shape index (κ1) is 8.62. The molecule has 0 aliphatic heterocycles. The van der Waals surface area contributed by atoms with Crippen molar-refractivity contribution in [1.82, 2.24) is 9.94 Å². The highest BCUT2D eigenvalue weighted by Crippen LogP contribution is 2.10. The van der Waals surface area contributed by atoms with E-state index in [1.54, 1.807) is 0 Å². The average Bonchev–Trinajstić information content (AvgIpc) is 2.16. The van der Waals surface area contributed by atoms with Gasteiger partial charge in [0.25, 0.3) is 0 Å². The third kappa shape index (κ3) is 1.77. The molecule has 0 atom stereocenters. The van der Waals surface area contributed by atoms with E-state index < -0.39 is 10.4 Å². The molecule has 0 bridgehead atoms. The Hall–Kier alpha value is -1.48. The molecule has 1 heterocycles. The Morgan fingerprint density at radius 3 is 2.50 bits per heavy atom. The largest absolute Gasteiger partial charge is 0.466 e. The van der Waals surface area contributed by atoms with Crippen molar-refractivity contribution in [1.29, 1.82) is 0 Å². The van der Waals surface area contributed by atoms with Gasteiger partial charge in [-0.3, -0.25) is 4.55 Å². The normalized spacial score (nSPS) is 11.4. The molecular formula is C3H6N4O4S. The second-order valence-electron chi connectivity index (χ2n) is 1.86. The first-order valence-corrected chi connectivity index (χ1v) is 4.03. The van der Waals surface area contributed by atoms with Gasteiger partial charge >= 0.3 is 10.4 Å². The number of aromatic nitrogens is 2. The minimum atomic E-state index is -4.62. The van der Waals surface area contributed by atoms with Gasteiger partial charge in [-0.15, -0.1) is 5.10 Å². The van der Waals surface area contributed by atoms with E-state index in [9.17, 15) is 8.42 Å². The van der Waals surface area contributed by atoms with Crippen molar-refractivity contribution >= 4 is 21.9 Å². The number of nitrogens with zero attached hydrogens (tertiary/aromatic N) is 2. The molecule has 12 heavy (non-hydrogen) atoms. The van der Waals surface area contributed by atoms with Crippen LogP contribution in [0.15, 0.2) is 6.20 Å². The second kappa shape index (κ2) is 2.53. The van der Waals surface area contributed by atoms with Gasteiger partial charge in [-0.2, -0.15) is 8.42 Å². The standard InChI is InChI=1S/C3H6N4O4S/c4-2-1-6-7(3(2)5)11-12(8,9)10/h1H,4-5H2,(H,8,9,10). The van der Waals surface area contributed by atoms with Crippen molar-refractivity contribution in [2.75, 3.05) is 11.5 Å². The summed E-state index contributed by atoms with van der Waals surface area (Å²) in [6, 6.07) is 0. The summed E-state index contributed by atoms with van der Waals surface area (Å²) in [6.07, 6.45) is 1.08. The molecule has 1 aromatic rings. The van der Waals surface area contributed by atoms with E-state index in [0.29, 0.717) is 4.85 Å². The molecule has 0 radical (unpaired) electrons. The van der Waals surface area contributed by atoms with Crippen LogP contribution in [0.1, 0.15) is 0 Å². The minimum Gasteiger partial charge on any atom is -0.394 e. The molecule has 0 amide bonds. The molecule has 68 valence electrons. The van der Waals surface area contributed by atoms with Crippen LogP contribution in [0.25, 0.3) is 0 Å². The highest BCUT2D eigenvalue weighted by molar-refractivity contribution is 7.81. The van der Waals surface area contributed by atoms with E-state index in [1.165, 1.54) is 0 Å². The first-order valence-electron chi connectivity index (χ1n) is 2.66. The van der Waals surface area contributed by atoms with Crippen LogP contribution in [0.3, 0.4) is 0 Å². The molecule has 9 heteroatoms. The lowest BCUT2D eigenvalue weighted by atomic mass is 10.5. The summed E-state index contributed by atoms with van der Waals surface area (Å²) >= 11 is 0. The number of nitrogen functional groups attached to an aromatic ring is 2. The van der Waals surface area contributed by atoms with Crippen molar-refractivity contribution in [3.8, 4) is 0 Å². The van der Waals surface area contributed by atoms with Crippen molar-refractivity contribution in [3.05, 3.63) is 6.20 Å². The monoisotopic (exact) mass is 194 g/mol. The van der Waals surface area contributed by atoms with Crippen LogP contribution < -0.4 is 15.8 Å². The lowest BCUT2D eigenvalue weighted by Gasteiger charge is -2.00. The molecule has 0 saturated carbocycles. The Morgan fingerprint density at radius 1 is 1.58 bits per heavy atom. The molecule has 8 nitrogen and oxygen atoms in total. The number of hydrogen-bond acceptors (Lipinski definition) is 6. The van der Waals surface area contributed by atoms with Gasteiger partial charge in [0.2, 0.25) is 0 Å². The van der Waals surface area contributed by atoms with E-state index in [2.05, 4.69) is 9.38 Å². The summed E-state index contributed by atoms with van der Waals surface area (Å²) in [7, 11) is -4.62. The number of nitrogens with two attached hydrogens (primary N) is 2. The van der Waals surface area contributed by atoms with Crippen LogP contribution in [-0.4, -0.2) is 22.9 Å². The van der Waals surface area contributed by atoms with Gasteiger partial charge in [0.15, 0.2) is 5.82 Å². The van der Waals surface area contributed by atoms with Gasteiger partial charge in [0, 0.05) is 0 Å². The predicted molar refractivity (Wildman–Crippen MR) is 39.2 cm³/mol. The zero-order chi connectivity index (χ0) is 9.35. The van der Waals surface area contributed by atoms with Gasteiger partial charge in [0.1, 0.15) is 0 Å². The van der Waals surface area contributed by atoms with Crippen LogP contribution in [-0.2, 0) is 10.4 Å². The molecule has 1 rings (SSSR count). The molecule has 1 aromatic heterocycles. The fraction of sp³-hybridized carbons (Fsp3) is 0. The Kier molecular flexibility index (Phi) is 1.82. The lowest BCUT2D eigenvalue weighted by molar-refractivity contribution is 0.213. The highest BCUT2D eigenvalue weighted by Gasteiger charge is 2.11. The SMILES string of the molecule is Nc1cnn(OS(=O)(=O)O)c1N. The molecule has 5 N–H and O–H groups in total. The summed E-state index contributed by atoms with van der Waals surface area (Å²) < 4.78 is 32.4. The molecule has 0 saturated heterocycles. The molecule has 0 fully saturated rings. The van der Waals surface area contributed by atoms with Crippen LogP contribution in [0.4, 0.5) is 11.5 Å². The van der Waals surface area contributed by atoms with E-state index >= 15 is 0 Å². The maximum absolute atomic E-state index is 10.1. The van der Waals surface area contributed by atoms with Gasteiger partial charge in [-0.1, -0.05) is 4.85 Å². The molecule has 0 aliphatic carbocycles. The summed E-state index contributed by atoms with van der Waals surface area (Å²) in [6.45, 7) is 0. The van der Waals surface area contributed by atoms with Crippen LogP contribution in [0.2, 0.25) is 0 Å². The van der Waals surface area contributed by atoms with E-state index in [4.69, 9.17) is 16.0 Å². The van der Waals surface area contributed by atoms with Crippen LogP contribution >= 0.6 is 0 Å². The number of rotatable bonds is 2. The second-order valence-corrected chi connectivity index (χ2v) is 2.86. The molecular weight excluding hydrogens is 188 g/mol. The predicted octanol–water partition coefficient (Wildman–Crippen LogP) is -1.72. The fourth-order valence-electron chi connectivity index (χ4n) is 0.502. The lowest BCUT2D eigenvalue weighted by Crippen LogP contribution is -2.21. The van der Waals surface area contributed by atoms with Gasteiger partial charge in [-0.05, 0) is 0 Å². The number of hydrogen-bond donors (Lipinski definition) is 3. The van der Waals surface area contributed by atoms with Crippen LogP contribution in [0, 0.1) is 0 Å². The topological polar surface area (TPSA) is 133 Å². The quantitative estimate of drug-likeness (QED) is 0.476. The summed E-state index contributed by atoms with van der Waals surface area (Å²) in [5.41, 5.74) is 10.4. The molecule has 0 aliphatic rings. The third-order valence-corrected chi connectivity index (χ3v) is 1.30. The first-order chi connectivity index (χ1) is 5.40. The van der Waals surface area contributed by atoms with Crippen molar-refractivity contribution in [2.45, 2.75) is 0 Å². The molecule has 0 spiro atoms. The summed E-state index contributed by atoms with van der Waals surface area (Å²) in [5, 5.41) is 3.31. The minimum absolute atomic E-state index is 0.0543. The van der Waals surface area contributed by atoms with Crippen molar-refractivity contribution in [2.24, 2.45) is 0 Å². The van der Waals surface area contributed by atoms with Gasteiger partial charge in [0.05, 0.1) is 11.9 Å². The van der Waals surface area contributed by atoms with E-state index in [-0.39, 0.29) is 11.5 Å². The van der Waals surface area contributed by atoms with E-state index in [1.807, 2.05) is 0 Å². The number of anilines is 2. The Bertz CT molecular complexity index is 381. The van der Waals surface area contributed by atoms with E-state index in [0.717, 1.165) is 6.20 Å². The third-order valence-electron chi connectivity index (χ3n) is 0.968. The maximum Gasteiger partial charge on any atom is 0.466 e. The fourth-order valence-corrected chi connectivity index (χ4v) is 0.799. The maximum atomic E-state index is 10.1. The van der Waals surface area contributed by atoms with Gasteiger partial charge < -0.3 is 11.5 Å².